The molecule has 0 unspecified atom stereocenters. The summed E-state index contributed by atoms with van der Waals surface area (Å²) < 4.78 is 28.2. The maximum atomic E-state index is 13.2. The number of hydrogen-bond acceptors (Lipinski definition) is 7. The molecule has 3 aromatic rings. The van der Waals surface area contributed by atoms with E-state index in [1.165, 1.54) is 0 Å². The van der Waals surface area contributed by atoms with E-state index in [0.717, 1.165) is 24.3 Å². The van der Waals surface area contributed by atoms with Crippen molar-refractivity contribution in [1.82, 2.24) is 4.90 Å². The van der Waals surface area contributed by atoms with Crippen LogP contribution in [0.25, 0.3) is 11.0 Å². The van der Waals surface area contributed by atoms with Crippen molar-refractivity contribution >= 4 is 11.0 Å². The van der Waals surface area contributed by atoms with E-state index >= 15 is 0 Å². The number of nitrogens with zero attached hydrogens (tertiary/aromatic N) is 1. The number of rotatable bonds is 7. The third-order valence-corrected chi connectivity index (χ3v) is 5.11. The first-order chi connectivity index (χ1) is 14.6. The average molecular weight is 411 g/mol. The Bertz CT molecular complexity index is 1110. The van der Waals surface area contributed by atoms with Crippen LogP contribution in [0.3, 0.4) is 0 Å². The van der Waals surface area contributed by atoms with Gasteiger partial charge in [-0.1, -0.05) is 6.07 Å². The van der Waals surface area contributed by atoms with Gasteiger partial charge in [0.2, 0.25) is 11.2 Å². The highest BCUT2D eigenvalue weighted by Crippen LogP contribution is 2.34. The zero-order chi connectivity index (χ0) is 21.1. The molecule has 1 aromatic heterocycles. The van der Waals surface area contributed by atoms with E-state index < -0.39 is 0 Å². The average Bonchev–Trinajstić information content (AvgIpc) is 2.77. The van der Waals surface area contributed by atoms with Crippen LogP contribution < -0.4 is 19.6 Å². The lowest BCUT2D eigenvalue weighted by molar-refractivity contribution is 0.0837. The van der Waals surface area contributed by atoms with Gasteiger partial charge in [-0.15, -0.1) is 0 Å². The van der Waals surface area contributed by atoms with Gasteiger partial charge in [-0.05, 0) is 37.6 Å². The highest BCUT2D eigenvalue weighted by Gasteiger charge is 2.24. The van der Waals surface area contributed by atoms with E-state index in [4.69, 9.17) is 23.4 Å². The Labute approximate surface area is 174 Å². The van der Waals surface area contributed by atoms with Crippen molar-refractivity contribution in [2.45, 2.75) is 19.9 Å². The van der Waals surface area contributed by atoms with Crippen molar-refractivity contribution in [1.29, 1.82) is 0 Å². The summed E-state index contributed by atoms with van der Waals surface area (Å²) in [6.07, 6.45) is 0.904. The Morgan fingerprint density at radius 1 is 1.13 bits per heavy atom. The molecule has 30 heavy (non-hydrogen) atoms. The van der Waals surface area contributed by atoms with Gasteiger partial charge >= 0.3 is 0 Å². The molecular formula is C23H25NO6. The van der Waals surface area contributed by atoms with Gasteiger partial charge in [0.25, 0.3) is 0 Å². The fourth-order valence-corrected chi connectivity index (χ4v) is 3.58. The standard InChI is InChI=1S/C23H25NO6/c1-15-22(30-17-7-4-6-16(12-17)27-3)21(25)18-8-9-20-19(23(18)29-15)13-24(14-28-20)10-5-11-26-2/h4,6-9,12H,5,10-11,13-14H2,1-3H3. The van der Waals surface area contributed by atoms with E-state index in [1.54, 1.807) is 45.4 Å². The second kappa shape index (κ2) is 8.77. The minimum absolute atomic E-state index is 0.171. The summed E-state index contributed by atoms with van der Waals surface area (Å²) in [5.41, 5.74) is 1.21. The number of aryl methyl sites for hydroxylation is 1. The Morgan fingerprint density at radius 3 is 2.77 bits per heavy atom. The van der Waals surface area contributed by atoms with Crippen molar-refractivity contribution in [2.75, 3.05) is 34.1 Å². The van der Waals surface area contributed by atoms with Crippen LogP contribution in [-0.4, -0.2) is 39.0 Å². The van der Waals surface area contributed by atoms with Crippen LogP contribution in [0.5, 0.6) is 23.0 Å². The molecule has 0 fully saturated rings. The van der Waals surface area contributed by atoms with Crippen LogP contribution in [0.1, 0.15) is 17.7 Å². The number of methoxy groups -OCH3 is 2. The normalized spacial score (nSPS) is 13.7. The van der Waals surface area contributed by atoms with E-state index in [0.29, 0.717) is 48.1 Å². The molecule has 2 aromatic carbocycles. The van der Waals surface area contributed by atoms with E-state index in [-0.39, 0.29) is 11.2 Å². The molecule has 0 bridgehead atoms. The minimum atomic E-state index is -0.212. The summed E-state index contributed by atoms with van der Waals surface area (Å²) in [4.78, 5) is 15.4. The monoisotopic (exact) mass is 411 g/mol. The zero-order valence-electron chi connectivity index (χ0n) is 17.4. The van der Waals surface area contributed by atoms with Gasteiger partial charge in [-0.3, -0.25) is 9.69 Å². The summed E-state index contributed by atoms with van der Waals surface area (Å²) in [6.45, 7) is 4.41. The first-order valence-corrected chi connectivity index (χ1v) is 9.86. The summed E-state index contributed by atoms with van der Waals surface area (Å²) in [6, 6.07) is 10.7. The van der Waals surface area contributed by atoms with E-state index in [1.807, 2.05) is 12.1 Å². The third kappa shape index (κ3) is 3.99. The van der Waals surface area contributed by atoms with Crippen molar-refractivity contribution in [3.63, 3.8) is 0 Å². The Kier molecular flexibility index (Phi) is 5.92. The Morgan fingerprint density at radius 2 is 1.97 bits per heavy atom. The fraction of sp³-hybridized carbons (Fsp3) is 0.348. The van der Waals surface area contributed by atoms with E-state index in [9.17, 15) is 4.79 Å². The lowest BCUT2D eigenvalue weighted by Gasteiger charge is -2.29. The first kappa shape index (κ1) is 20.3. The number of fused-ring (bicyclic) bond motifs is 3. The summed E-state index contributed by atoms with van der Waals surface area (Å²) in [5, 5.41) is 0.472. The topological polar surface area (TPSA) is 70.4 Å². The number of benzene rings is 2. The molecule has 0 spiro atoms. The van der Waals surface area contributed by atoms with Crippen molar-refractivity contribution in [3.05, 3.63) is 57.9 Å². The SMILES string of the molecule is COCCCN1COc2ccc3c(=O)c(Oc4cccc(OC)c4)c(C)oc3c2C1. The molecule has 0 atom stereocenters. The summed E-state index contributed by atoms with van der Waals surface area (Å²) in [7, 11) is 3.27. The molecule has 0 radical (unpaired) electrons. The quantitative estimate of drug-likeness (QED) is 0.542. The Balaban J connectivity index is 1.69. The van der Waals surface area contributed by atoms with Gasteiger partial charge in [0.1, 0.15) is 35.3 Å². The smallest absolute Gasteiger partial charge is 0.235 e. The summed E-state index contributed by atoms with van der Waals surface area (Å²) in [5.74, 6) is 2.49. The third-order valence-electron chi connectivity index (χ3n) is 5.11. The molecule has 4 rings (SSSR count). The molecule has 0 saturated carbocycles. The van der Waals surface area contributed by atoms with Gasteiger partial charge in [0, 0.05) is 32.9 Å². The lowest BCUT2D eigenvalue weighted by Crippen LogP contribution is -2.33. The van der Waals surface area contributed by atoms with Crippen LogP contribution in [-0.2, 0) is 11.3 Å². The highest BCUT2D eigenvalue weighted by molar-refractivity contribution is 5.83. The van der Waals surface area contributed by atoms with Gasteiger partial charge in [-0.25, -0.2) is 0 Å². The van der Waals surface area contributed by atoms with Crippen LogP contribution >= 0.6 is 0 Å². The number of hydrogen-bond donors (Lipinski definition) is 0. The zero-order valence-corrected chi connectivity index (χ0v) is 17.4. The van der Waals surface area contributed by atoms with E-state index in [2.05, 4.69) is 4.90 Å². The van der Waals surface area contributed by atoms with Gasteiger partial charge in [0.05, 0.1) is 18.1 Å². The van der Waals surface area contributed by atoms with Gasteiger partial charge in [-0.2, -0.15) is 0 Å². The van der Waals surface area contributed by atoms with Crippen LogP contribution in [0.2, 0.25) is 0 Å². The molecule has 2 heterocycles. The molecule has 158 valence electrons. The second-order valence-electron chi connectivity index (χ2n) is 7.19. The largest absolute Gasteiger partial charge is 0.497 e. The van der Waals surface area contributed by atoms with Crippen molar-refractivity contribution < 1.29 is 23.4 Å². The summed E-state index contributed by atoms with van der Waals surface area (Å²) >= 11 is 0. The fourth-order valence-electron chi connectivity index (χ4n) is 3.58. The lowest BCUT2D eigenvalue weighted by atomic mass is 10.1. The molecule has 0 amide bonds. The van der Waals surface area contributed by atoms with Crippen molar-refractivity contribution in [2.24, 2.45) is 0 Å². The molecule has 7 nitrogen and oxygen atoms in total. The predicted octanol–water partition coefficient (Wildman–Crippen LogP) is 4.09. The van der Waals surface area contributed by atoms with Crippen molar-refractivity contribution in [3.8, 4) is 23.0 Å². The van der Waals surface area contributed by atoms with Crippen LogP contribution in [0.4, 0.5) is 0 Å². The predicted molar refractivity (Wildman–Crippen MR) is 113 cm³/mol. The molecule has 1 aliphatic heterocycles. The first-order valence-electron chi connectivity index (χ1n) is 9.86. The highest BCUT2D eigenvalue weighted by atomic mass is 16.5. The molecule has 7 heteroatoms. The van der Waals surface area contributed by atoms with Gasteiger partial charge < -0.3 is 23.4 Å². The minimum Gasteiger partial charge on any atom is -0.497 e. The van der Waals surface area contributed by atoms with Crippen LogP contribution in [0.15, 0.2) is 45.6 Å². The second-order valence-corrected chi connectivity index (χ2v) is 7.19. The Hall–Kier alpha value is -3.03. The number of ether oxygens (including phenoxy) is 4. The maximum Gasteiger partial charge on any atom is 0.235 e. The molecule has 1 aliphatic rings. The van der Waals surface area contributed by atoms with Crippen LogP contribution in [0, 0.1) is 6.92 Å². The molecule has 0 saturated heterocycles. The van der Waals surface area contributed by atoms with Gasteiger partial charge in [0.15, 0.2) is 0 Å². The molecule has 0 aliphatic carbocycles. The molecular weight excluding hydrogens is 386 g/mol. The maximum absolute atomic E-state index is 13.2. The molecule has 0 N–H and O–H groups in total.